The number of amides is 1. The van der Waals surface area contributed by atoms with Crippen LogP contribution in [0.2, 0.25) is 0 Å². The lowest BCUT2D eigenvalue weighted by Gasteiger charge is -2.05. The lowest BCUT2D eigenvalue weighted by atomic mass is 10.3. The fraction of sp³-hybridized carbons (Fsp3) is 0.308. The Morgan fingerprint density at radius 2 is 2.18 bits per heavy atom. The number of aromatic nitrogens is 2. The van der Waals surface area contributed by atoms with Gasteiger partial charge in [-0.05, 0) is 18.6 Å². The summed E-state index contributed by atoms with van der Waals surface area (Å²) in [7, 11) is 0. The Hall–Kier alpha value is -1.74. The summed E-state index contributed by atoms with van der Waals surface area (Å²) < 4.78 is 27.0. The quantitative estimate of drug-likeness (QED) is 0.754. The summed E-state index contributed by atoms with van der Waals surface area (Å²) in [5.41, 5.74) is -0.173. The van der Waals surface area contributed by atoms with E-state index in [1.165, 1.54) is 23.1 Å². The van der Waals surface area contributed by atoms with Gasteiger partial charge in [-0.2, -0.15) is 0 Å². The van der Waals surface area contributed by atoms with Crippen molar-refractivity contribution in [2.45, 2.75) is 17.7 Å². The van der Waals surface area contributed by atoms with Gasteiger partial charge in [-0.1, -0.05) is 30.0 Å². The van der Waals surface area contributed by atoms with Crippen molar-refractivity contribution in [2.75, 3.05) is 22.9 Å². The summed E-state index contributed by atoms with van der Waals surface area (Å²) in [4.78, 5) is 11.7. The molecule has 1 heterocycles. The molecule has 0 saturated heterocycles. The smallest absolute Gasteiger partial charge is 0.234 e. The highest BCUT2D eigenvalue weighted by Gasteiger charge is 2.11. The molecule has 0 radical (unpaired) electrons. The number of hydrogen-bond acceptors (Lipinski definition) is 6. The number of halogens is 2. The van der Waals surface area contributed by atoms with Crippen molar-refractivity contribution in [3.63, 3.8) is 0 Å². The van der Waals surface area contributed by atoms with Crippen molar-refractivity contribution >= 4 is 39.8 Å². The zero-order valence-electron chi connectivity index (χ0n) is 11.7. The molecule has 0 spiro atoms. The zero-order valence-corrected chi connectivity index (χ0v) is 13.4. The fourth-order valence-electron chi connectivity index (χ4n) is 1.48. The molecule has 0 atom stereocenters. The van der Waals surface area contributed by atoms with Crippen LogP contribution < -0.4 is 10.6 Å². The minimum absolute atomic E-state index is 0.0400. The van der Waals surface area contributed by atoms with Gasteiger partial charge in [0.15, 0.2) is 4.34 Å². The number of nitrogens with zero attached hydrogens (tertiary/aromatic N) is 2. The average Bonchev–Trinajstić information content (AvgIpc) is 2.95. The van der Waals surface area contributed by atoms with Gasteiger partial charge in [0.1, 0.15) is 11.6 Å². The molecule has 0 aliphatic carbocycles. The van der Waals surface area contributed by atoms with Gasteiger partial charge in [-0.3, -0.25) is 4.79 Å². The SMILES string of the molecule is CCCNc1nnc(SCC(=O)Nc2cc(F)ccc2F)s1. The van der Waals surface area contributed by atoms with E-state index in [1.807, 2.05) is 6.92 Å². The van der Waals surface area contributed by atoms with E-state index in [0.717, 1.165) is 31.2 Å². The molecule has 22 heavy (non-hydrogen) atoms. The Labute approximate surface area is 134 Å². The van der Waals surface area contributed by atoms with Crippen LogP contribution in [-0.2, 0) is 4.79 Å². The molecular formula is C13H14F2N4OS2. The van der Waals surface area contributed by atoms with Crippen molar-refractivity contribution < 1.29 is 13.6 Å². The molecule has 9 heteroatoms. The van der Waals surface area contributed by atoms with E-state index in [4.69, 9.17) is 0 Å². The third-order valence-electron chi connectivity index (χ3n) is 2.46. The molecular weight excluding hydrogens is 330 g/mol. The minimum atomic E-state index is -0.679. The number of thioether (sulfide) groups is 1. The van der Waals surface area contributed by atoms with E-state index < -0.39 is 17.5 Å². The third-order valence-corrected chi connectivity index (χ3v) is 4.48. The number of carbonyl (C=O) groups excluding carboxylic acids is 1. The van der Waals surface area contributed by atoms with Gasteiger partial charge >= 0.3 is 0 Å². The van der Waals surface area contributed by atoms with Crippen molar-refractivity contribution in [1.29, 1.82) is 0 Å². The first kappa shape index (κ1) is 16.6. The summed E-state index contributed by atoms with van der Waals surface area (Å²) in [6.45, 7) is 2.85. The van der Waals surface area contributed by atoms with Crippen LogP contribution in [0, 0.1) is 11.6 Å². The molecule has 118 valence electrons. The predicted molar refractivity (Wildman–Crippen MR) is 84.4 cm³/mol. The van der Waals surface area contributed by atoms with Gasteiger partial charge in [0, 0.05) is 12.6 Å². The molecule has 0 bridgehead atoms. The molecule has 2 N–H and O–H groups in total. The van der Waals surface area contributed by atoms with Gasteiger partial charge in [0.25, 0.3) is 0 Å². The molecule has 1 amide bonds. The van der Waals surface area contributed by atoms with E-state index >= 15 is 0 Å². The second-order valence-electron chi connectivity index (χ2n) is 4.26. The summed E-state index contributed by atoms with van der Waals surface area (Å²) in [6, 6.07) is 2.90. The predicted octanol–water partition coefficient (Wildman–Crippen LogP) is 3.37. The summed E-state index contributed by atoms with van der Waals surface area (Å²) >= 11 is 2.53. The summed E-state index contributed by atoms with van der Waals surface area (Å²) in [5, 5.41) is 14.0. The molecule has 1 aromatic heterocycles. The number of rotatable bonds is 7. The van der Waals surface area contributed by atoms with Crippen molar-refractivity contribution in [2.24, 2.45) is 0 Å². The highest BCUT2D eigenvalue weighted by atomic mass is 32.2. The normalized spacial score (nSPS) is 10.5. The highest BCUT2D eigenvalue weighted by molar-refractivity contribution is 8.01. The van der Waals surface area contributed by atoms with E-state index in [1.54, 1.807) is 0 Å². The Balaban J connectivity index is 1.85. The standard InChI is InChI=1S/C13H14F2N4OS2/c1-2-5-16-12-18-19-13(22-12)21-7-11(20)17-10-6-8(14)3-4-9(10)15/h3-4,6H,2,5,7H2,1H3,(H,16,18)(H,17,20). The third kappa shape index (κ3) is 4.92. The number of nitrogens with one attached hydrogen (secondary N) is 2. The van der Waals surface area contributed by atoms with Crippen LogP contribution in [0.3, 0.4) is 0 Å². The Kier molecular flexibility index (Phi) is 6.08. The van der Waals surface area contributed by atoms with Gasteiger partial charge in [0.05, 0.1) is 11.4 Å². The second-order valence-corrected chi connectivity index (χ2v) is 6.46. The van der Waals surface area contributed by atoms with Crippen LogP contribution in [-0.4, -0.2) is 28.4 Å². The van der Waals surface area contributed by atoms with Crippen molar-refractivity contribution in [1.82, 2.24) is 10.2 Å². The van der Waals surface area contributed by atoms with Gasteiger partial charge < -0.3 is 10.6 Å². The second kappa shape index (κ2) is 8.04. The first-order chi connectivity index (χ1) is 10.6. The van der Waals surface area contributed by atoms with Crippen LogP contribution >= 0.6 is 23.1 Å². The van der Waals surface area contributed by atoms with E-state index in [-0.39, 0.29) is 11.4 Å². The first-order valence-corrected chi connectivity index (χ1v) is 8.33. The molecule has 0 saturated carbocycles. The Morgan fingerprint density at radius 1 is 1.36 bits per heavy atom. The number of hydrogen-bond donors (Lipinski definition) is 2. The van der Waals surface area contributed by atoms with Gasteiger partial charge in [-0.25, -0.2) is 8.78 Å². The monoisotopic (exact) mass is 344 g/mol. The van der Waals surface area contributed by atoms with Gasteiger partial charge in [0.2, 0.25) is 11.0 Å². The molecule has 0 unspecified atom stereocenters. The number of benzene rings is 1. The molecule has 5 nitrogen and oxygen atoms in total. The van der Waals surface area contributed by atoms with Crippen molar-refractivity contribution in [3.05, 3.63) is 29.8 Å². The highest BCUT2D eigenvalue weighted by Crippen LogP contribution is 2.25. The van der Waals surface area contributed by atoms with Crippen LogP contribution in [0.15, 0.2) is 22.5 Å². The van der Waals surface area contributed by atoms with Crippen LogP contribution in [0.4, 0.5) is 19.6 Å². The molecule has 0 fully saturated rings. The average molecular weight is 344 g/mol. The first-order valence-electron chi connectivity index (χ1n) is 6.53. The molecule has 2 rings (SSSR count). The van der Waals surface area contributed by atoms with E-state index in [9.17, 15) is 13.6 Å². The Bertz CT molecular complexity index is 651. The fourth-order valence-corrected chi connectivity index (χ4v) is 3.06. The zero-order chi connectivity index (χ0) is 15.9. The van der Waals surface area contributed by atoms with Crippen molar-refractivity contribution in [3.8, 4) is 0 Å². The van der Waals surface area contributed by atoms with Crippen LogP contribution in [0.25, 0.3) is 0 Å². The lowest BCUT2D eigenvalue weighted by Crippen LogP contribution is -2.15. The largest absolute Gasteiger partial charge is 0.360 e. The van der Waals surface area contributed by atoms with Gasteiger partial charge in [-0.15, -0.1) is 10.2 Å². The van der Waals surface area contributed by atoms with Crippen LogP contribution in [0.1, 0.15) is 13.3 Å². The summed E-state index contributed by atoms with van der Waals surface area (Å²) in [6.07, 6.45) is 0.976. The molecule has 0 aliphatic rings. The number of anilines is 2. The van der Waals surface area contributed by atoms with Crippen LogP contribution in [0.5, 0.6) is 0 Å². The lowest BCUT2D eigenvalue weighted by molar-refractivity contribution is -0.113. The molecule has 0 aliphatic heterocycles. The van der Waals surface area contributed by atoms with E-state index in [2.05, 4.69) is 20.8 Å². The molecule has 2 aromatic rings. The maximum absolute atomic E-state index is 13.4. The molecule has 1 aromatic carbocycles. The Morgan fingerprint density at radius 3 is 2.95 bits per heavy atom. The maximum Gasteiger partial charge on any atom is 0.234 e. The van der Waals surface area contributed by atoms with E-state index in [0.29, 0.717) is 9.47 Å². The summed E-state index contributed by atoms with van der Waals surface area (Å²) in [5.74, 6) is -1.69. The number of carbonyl (C=O) groups is 1. The minimum Gasteiger partial charge on any atom is -0.360 e. The topological polar surface area (TPSA) is 66.9 Å². The maximum atomic E-state index is 13.4.